The fourth-order valence-corrected chi connectivity index (χ4v) is 6.21. The number of halogens is 1. The van der Waals surface area contributed by atoms with Crippen LogP contribution in [-0.2, 0) is 4.79 Å². The summed E-state index contributed by atoms with van der Waals surface area (Å²) < 4.78 is 19.3. The number of amides is 2. The fraction of sp³-hybridized carbons (Fsp3) is 0.452. The SMILES string of the molecule is CC1(C)CC(Nc2nc(Nc3ccccc3-c3cnc4c(c3)OC(C)(C)C(=O)N4CCF)ncc2C(N)=O)CC(C)(C)N1. The molecule has 1 aromatic carbocycles. The van der Waals surface area contributed by atoms with E-state index in [1.807, 2.05) is 24.3 Å². The number of fused-ring (bicyclic) bond motifs is 1. The molecule has 2 aliphatic rings. The van der Waals surface area contributed by atoms with Crippen LogP contribution in [0.5, 0.6) is 5.75 Å². The highest BCUT2D eigenvalue weighted by molar-refractivity contribution is 6.02. The molecule has 5 rings (SSSR count). The van der Waals surface area contributed by atoms with Crippen LogP contribution in [0.1, 0.15) is 64.7 Å². The number of alkyl halides is 1. The molecule has 0 spiro atoms. The Bertz CT molecular complexity index is 1540. The zero-order valence-corrected chi connectivity index (χ0v) is 25.4. The van der Waals surface area contributed by atoms with Gasteiger partial charge in [-0.1, -0.05) is 18.2 Å². The Morgan fingerprint density at radius 1 is 1.12 bits per heavy atom. The van der Waals surface area contributed by atoms with Gasteiger partial charge in [0, 0.05) is 46.3 Å². The van der Waals surface area contributed by atoms with Crippen LogP contribution in [-0.4, -0.2) is 62.7 Å². The highest BCUT2D eigenvalue weighted by Gasteiger charge is 2.42. The third-order valence-electron chi connectivity index (χ3n) is 7.59. The third-order valence-corrected chi connectivity index (χ3v) is 7.59. The van der Waals surface area contributed by atoms with Gasteiger partial charge in [-0.05, 0) is 66.5 Å². The van der Waals surface area contributed by atoms with Crippen molar-refractivity contribution in [2.45, 2.75) is 77.1 Å². The van der Waals surface area contributed by atoms with Crippen LogP contribution in [0, 0.1) is 0 Å². The van der Waals surface area contributed by atoms with Crippen LogP contribution in [0.25, 0.3) is 11.1 Å². The fourth-order valence-electron chi connectivity index (χ4n) is 6.21. The summed E-state index contributed by atoms with van der Waals surface area (Å²) in [6, 6.07) is 9.36. The van der Waals surface area contributed by atoms with Gasteiger partial charge >= 0.3 is 0 Å². The summed E-state index contributed by atoms with van der Waals surface area (Å²) in [5, 5.41) is 10.4. The summed E-state index contributed by atoms with van der Waals surface area (Å²) in [7, 11) is 0. The number of carbonyl (C=O) groups is 2. The van der Waals surface area contributed by atoms with Crippen molar-refractivity contribution < 1.29 is 18.7 Å². The number of rotatable bonds is 8. The summed E-state index contributed by atoms with van der Waals surface area (Å²) in [4.78, 5) is 39.9. The Hall–Kier alpha value is -4.32. The van der Waals surface area contributed by atoms with Gasteiger partial charge < -0.3 is 26.4 Å². The number of ether oxygens (including phenoxy) is 1. The molecule has 3 aromatic rings. The Balaban J connectivity index is 1.46. The van der Waals surface area contributed by atoms with Crippen molar-refractivity contribution in [3.8, 4) is 16.9 Å². The Morgan fingerprint density at radius 3 is 2.49 bits per heavy atom. The Morgan fingerprint density at radius 2 is 1.81 bits per heavy atom. The summed E-state index contributed by atoms with van der Waals surface area (Å²) in [5.41, 5.74) is 6.65. The predicted octanol–water partition coefficient (Wildman–Crippen LogP) is 4.58. The highest BCUT2D eigenvalue weighted by atomic mass is 19.1. The van der Waals surface area contributed by atoms with Gasteiger partial charge in [-0.25, -0.2) is 14.4 Å². The van der Waals surface area contributed by atoms with Gasteiger partial charge in [-0.15, -0.1) is 0 Å². The largest absolute Gasteiger partial charge is 0.474 e. The molecule has 2 amide bonds. The van der Waals surface area contributed by atoms with E-state index < -0.39 is 18.2 Å². The quantitative estimate of drug-likeness (QED) is 0.296. The lowest BCUT2D eigenvalue weighted by Gasteiger charge is -2.46. The molecule has 1 fully saturated rings. The van der Waals surface area contributed by atoms with Crippen molar-refractivity contribution in [2.24, 2.45) is 5.73 Å². The number of aromatic nitrogens is 3. The molecule has 228 valence electrons. The number of pyridine rings is 1. The number of hydrogen-bond donors (Lipinski definition) is 4. The molecular weight excluding hydrogens is 551 g/mol. The van der Waals surface area contributed by atoms with Gasteiger partial charge in [0.15, 0.2) is 17.2 Å². The molecule has 11 nitrogen and oxygen atoms in total. The Kier molecular flexibility index (Phi) is 7.76. The van der Waals surface area contributed by atoms with Gasteiger partial charge in [0.05, 0.1) is 12.1 Å². The first-order valence-electron chi connectivity index (χ1n) is 14.3. The van der Waals surface area contributed by atoms with Crippen LogP contribution in [0.15, 0.2) is 42.7 Å². The minimum atomic E-state index is -1.17. The van der Waals surface area contributed by atoms with Crippen molar-refractivity contribution in [3.05, 3.63) is 48.3 Å². The minimum absolute atomic E-state index is 0.0500. The van der Waals surface area contributed by atoms with Crippen molar-refractivity contribution in [3.63, 3.8) is 0 Å². The third kappa shape index (κ3) is 6.38. The molecule has 43 heavy (non-hydrogen) atoms. The normalized spacial score (nSPS) is 18.9. The van der Waals surface area contributed by atoms with Crippen molar-refractivity contribution in [1.82, 2.24) is 20.3 Å². The van der Waals surface area contributed by atoms with Gasteiger partial charge in [-0.3, -0.25) is 14.5 Å². The molecule has 0 atom stereocenters. The van der Waals surface area contributed by atoms with E-state index in [0.717, 1.165) is 18.4 Å². The van der Waals surface area contributed by atoms with Crippen molar-refractivity contribution >= 4 is 35.1 Å². The average molecular weight is 591 g/mol. The number of carbonyl (C=O) groups excluding carboxylic acids is 2. The molecule has 0 aliphatic carbocycles. The van der Waals surface area contributed by atoms with E-state index in [1.54, 1.807) is 26.1 Å². The van der Waals surface area contributed by atoms with E-state index in [4.69, 9.17) is 10.5 Å². The zero-order valence-electron chi connectivity index (χ0n) is 25.4. The molecule has 0 bridgehead atoms. The first kappa shape index (κ1) is 30.1. The lowest BCUT2D eigenvalue weighted by molar-refractivity contribution is -0.132. The molecule has 5 N–H and O–H groups in total. The lowest BCUT2D eigenvalue weighted by atomic mass is 9.79. The summed E-state index contributed by atoms with van der Waals surface area (Å²) in [5.74, 6) is 0.330. The number of para-hydroxylation sites is 1. The van der Waals surface area contributed by atoms with Gasteiger partial charge in [0.1, 0.15) is 12.5 Å². The van der Waals surface area contributed by atoms with E-state index in [2.05, 4.69) is 58.6 Å². The molecule has 4 heterocycles. The van der Waals surface area contributed by atoms with E-state index in [-0.39, 0.29) is 46.9 Å². The molecule has 2 aliphatic heterocycles. The van der Waals surface area contributed by atoms with E-state index >= 15 is 0 Å². The minimum Gasteiger partial charge on any atom is -0.474 e. The van der Waals surface area contributed by atoms with Crippen LogP contribution >= 0.6 is 0 Å². The average Bonchev–Trinajstić information content (AvgIpc) is 2.89. The zero-order chi connectivity index (χ0) is 31.2. The molecule has 2 aromatic heterocycles. The number of nitrogens with two attached hydrogens (primary N) is 1. The maximum absolute atomic E-state index is 13.3. The summed E-state index contributed by atoms with van der Waals surface area (Å²) >= 11 is 0. The van der Waals surface area contributed by atoms with Gasteiger partial charge in [0.25, 0.3) is 11.8 Å². The molecule has 0 saturated carbocycles. The number of piperidine rings is 1. The number of nitrogens with zero attached hydrogens (tertiary/aromatic N) is 4. The van der Waals surface area contributed by atoms with E-state index in [9.17, 15) is 14.0 Å². The molecule has 0 unspecified atom stereocenters. The second-order valence-electron chi connectivity index (χ2n) is 12.9. The first-order valence-corrected chi connectivity index (χ1v) is 14.3. The number of primary amides is 1. The molecular formula is C31H39FN8O3. The number of hydrogen-bond acceptors (Lipinski definition) is 9. The number of anilines is 4. The lowest BCUT2D eigenvalue weighted by Crippen LogP contribution is -2.60. The van der Waals surface area contributed by atoms with Crippen LogP contribution in [0.4, 0.5) is 27.7 Å². The van der Waals surface area contributed by atoms with Crippen molar-refractivity contribution in [2.75, 3.05) is 28.8 Å². The Labute approximate surface area is 250 Å². The maximum atomic E-state index is 13.3. The van der Waals surface area contributed by atoms with Crippen LogP contribution in [0.3, 0.4) is 0 Å². The number of benzene rings is 1. The van der Waals surface area contributed by atoms with Gasteiger partial charge in [0.2, 0.25) is 5.95 Å². The monoisotopic (exact) mass is 590 g/mol. The predicted molar refractivity (Wildman–Crippen MR) is 164 cm³/mol. The van der Waals surface area contributed by atoms with Crippen molar-refractivity contribution in [1.29, 1.82) is 0 Å². The van der Waals surface area contributed by atoms with Crippen LogP contribution < -0.4 is 31.3 Å². The summed E-state index contributed by atoms with van der Waals surface area (Å²) in [6.45, 7) is 11.1. The van der Waals surface area contributed by atoms with E-state index in [1.165, 1.54) is 11.1 Å². The molecule has 12 heteroatoms. The first-order chi connectivity index (χ1) is 20.2. The second-order valence-corrected chi connectivity index (χ2v) is 12.9. The highest BCUT2D eigenvalue weighted by Crippen LogP contribution is 2.40. The molecule has 0 radical (unpaired) electrons. The molecule has 1 saturated heterocycles. The topological polar surface area (TPSA) is 147 Å². The van der Waals surface area contributed by atoms with Crippen LogP contribution in [0.2, 0.25) is 0 Å². The van der Waals surface area contributed by atoms with E-state index in [0.29, 0.717) is 22.8 Å². The maximum Gasteiger partial charge on any atom is 0.271 e. The smallest absolute Gasteiger partial charge is 0.271 e. The van der Waals surface area contributed by atoms with Gasteiger partial charge in [-0.2, -0.15) is 4.98 Å². The number of nitrogens with one attached hydrogen (secondary N) is 3. The summed E-state index contributed by atoms with van der Waals surface area (Å²) in [6.07, 6.45) is 4.68. The standard InChI is InChI=1S/C31H39FN8O3/c1-29(2)14-19(15-30(3,4)39-29)36-25-21(24(33)41)17-35-28(38-25)37-22-10-8-7-9-20(22)18-13-23-26(34-16-18)40(12-11-32)27(42)31(5,6)43-23/h7-10,13,16-17,19,39H,11-12,14-15H2,1-6H3,(H2,33,41)(H2,35,36,37,38). The second kappa shape index (κ2) is 11.1.